The highest BCUT2D eigenvalue weighted by Gasteiger charge is 2.23. The molecule has 0 aromatic heterocycles. The van der Waals surface area contributed by atoms with Crippen LogP contribution in [-0.4, -0.2) is 16.0 Å². The van der Waals surface area contributed by atoms with Crippen molar-refractivity contribution in [1.29, 1.82) is 0 Å². The lowest BCUT2D eigenvalue weighted by atomic mass is 9.98. The third-order valence-electron chi connectivity index (χ3n) is 2.91. The second-order valence-corrected chi connectivity index (χ2v) is 4.19. The van der Waals surface area contributed by atoms with Gasteiger partial charge in [-0.3, -0.25) is 14.9 Å². The van der Waals surface area contributed by atoms with Crippen molar-refractivity contribution in [3.63, 3.8) is 0 Å². The van der Waals surface area contributed by atoms with Gasteiger partial charge in [0.2, 0.25) is 0 Å². The normalized spacial score (nSPS) is 12.3. The van der Waals surface area contributed by atoms with Crippen molar-refractivity contribution in [2.45, 2.75) is 12.5 Å². The highest BCUT2D eigenvalue weighted by Crippen LogP contribution is 2.33. The molecule has 0 aliphatic carbocycles. The summed E-state index contributed by atoms with van der Waals surface area (Å²) in [5.41, 5.74) is 5.86. The Labute approximate surface area is 108 Å². The second kappa shape index (κ2) is 5.03. The van der Waals surface area contributed by atoms with Gasteiger partial charge >= 0.3 is 5.97 Å². The van der Waals surface area contributed by atoms with E-state index < -0.39 is 16.9 Å². The van der Waals surface area contributed by atoms with Crippen molar-refractivity contribution < 1.29 is 14.8 Å². The third-order valence-corrected chi connectivity index (χ3v) is 2.91. The smallest absolute Gasteiger partial charge is 0.305 e. The predicted octanol–water partition coefficient (Wildman–Crippen LogP) is 2.22. The van der Waals surface area contributed by atoms with E-state index in [0.29, 0.717) is 5.39 Å². The van der Waals surface area contributed by atoms with Crippen LogP contribution in [0.4, 0.5) is 5.69 Å². The van der Waals surface area contributed by atoms with E-state index in [0.717, 1.165) is 5.39 Å². The molecule has 1 unspecified atom stereocenters. The first-order chi connectivity index (χ1) is 9.00. The number of benzene rings is 2. The Morgan fingerprint density at radius 1 is 1.32 bits per heavy atom. The number of nitrogens with zero attached hydrogens (tertiary/aromatic N) is 1. The van der Waals surface area contributed by atoms with Gasteiger partial charge in [-0.05, 0) is 17.5 Å². The molecule has 2 rings (SSSR count). The fraction of sp³-hybridized carbons (Fsp3) is 0.154. The molecule has 19 heavy (non-hydrogen) atoms. The zero-order valence-electron chi connectivity index (χ0n) is 9.95. The lowest BCUT2D eigenvalue weighted by molar-refractivity contribution is -0.383. The Balaban J connectivity index is 2.64. The average Bonchev–Trinajstić information content (AvgIpc) is 2.36. The van der Waals surface area contributed by atoms with Crippen molar-refractivity contribution >= 4 is 22.4 Å². The van der Waals surface area contributed by atoms with E-state index in [2.05, 4.69) is 0 Å². The number of hydrogen-bond donors (Lipinski definition) is 2. The van der Waals surface area contributed by atoms with Crippen LogP contribution in [0.15, 0.2) is 36.4 Å². The minimum Gasteiger partial charge on any atom is -0.481 e. The summed E-state index contributed by atoms with van der Waals surface area (Å²) in [6.07, 6.45) is -0.348. The first-order valence-corrected chi connectivity index (χ1v) is 5.64. The monoisotopic (exact) mass is 260 g/mol. The van der Waals surface area contributed by atoms with E-state index in [1.165, 1.54) is 6.07 Å². The number of nitro groups is 1. The lowest BCUT2D eigenvalue weighted by Gasteiger charge is -2.11. The van der Waals surface area contributed by atoms with Gasteiger partial charge in [-0.25, -0.2) is 0 Å². The fourth-order valence-electron chi connectivity index (χ4n) is 2.07. The minimum absolute atomic E-state index is 0.119. The standard InChI is InChI=1S/C13H12N2O4/c14-11(7-12(16)17)10-6-5-8-3-1-2-4-9(8)13(10)15(18)19/h1-6,11H,7,14H2,(H,16,17). The number of nitro benzene ring substituents is 1. The quantitative estimate of drug-likeness (QED) is 0.647. The Hall–Kier alpha value is -2.47. The van der Waals surface area contributed by atoms with Crippen LogP contribution in [0.5, 0.6) is 0 Å². The zero-order chi connectivity index (χ0) is 14.0. The molecule has 0 radical (unpaired) electrons. The lowest BCUT2D eigenvalue weighted by Crippen LogP contribution is -2.16. The molecular weight excluding hydrogens is 248 g/mol. The molecule has 2 aromatic carbocycles. The van der Waals surface area contributed by atoms with Gasteiger partial charge in [0.1, 0.15) is 0 Å². The summed E-state index contributed by atoms with van der Waals surface area (Å²) in [7, 11) is 0. The molecule has 0 fully saturated rings. The van der Waals surface area contributed by atoms with Crippen LogP contribution in [0.3, 0.4) is 0 Å². The Kier molecular flexibility index (Phi) is 3.43. The van der Waals surface area contributed by atoms with Crippen molar-refractivity contribution in [2.75, 3.05) is 0 Å². The number of carboxylic acid groups (broad SMARTS) is 1. The van der Waals surface area contributed by atoms with E-state index in [-0.39, 0.29) is 17.7 Å². The molecule has 0 saturated heterocycles. The van der Waals surface area contributed by atoms with E-state index in [1.54, 1.807) is 30.3 Å². The first kappa shape index (κ1) is 13.0. The number of carbonyl (C=O) groups is 1. The van der Waals surface area contributed by atoms with Crippen molar-refractivity contribution in [3.05, 3.63) is 52.1 Å². The van der Waals surface area contributed by atoms with Gasteiger partial charge in [-0.2, -0.15) is 0 Å². The minimum atomic E-state index is -1.09. The van der Waals surface area contributed by atoms with Crippen LogP contribution >= 0.6 is 0 Å². The summed E-state index contributed by atoms with van der Waals surface area (Å²) < 4.78 is 0. The Bertz CT molecular complexity index is 654. The van der Waals surface area contributed by atoms with Gasteiger partial charge in [0.05, 0.1) is 16.7 Å². The van der Waals surface area contributed by atoms with Crippen molar-refractivity contribution in [3.8, 4) is 0 Å². The molecule has 0 aliphatic heterocycles. The van der Waals surface area contributed by atoms with Crippen LogP contribution in [0.25, 0.3) is 10.8 Å². The molecule has 98 valence electrons. The van der Waals surface area contributed by atoms with Gasteiger partial charge in [-0.1, -0.05) is 24.3 Å². The molecule has 0 aliphatic rings. The predicted molar refractivity (Wildman–Crippen MR) is 69.8 cm³/mol. The van der Waals surface area contributed by atoms with Gasteiger partial charge in [0.15, 0.2) is 0 Å². The molecule has 6 nitrogen and oxygen atoms in total. The number of aliphatic carboxylic acids is 1. The van der Waals surface area contributed by atoms with Crippen LogP contribution in [0.1, 0.15) is 18.0 Å². The molecular formula is C13H12N2O4. The summed E-state index contributed by atoms with van der Waals surface area (Å²) in [6, 6.07) is 9.19. The largest absolute Gasteiger partial charge is 0.481 e. The van der Waals surface area contributed by atoms with Gasteiger partial charge in [0, 0.05) is 11.6 Å². The Morgan fingerprint density at radius 3 is 2.63 bits per heavy atom. The molecule has 2 aromatic rings. The molecule has 0 saturated carbocycles. The molecule has 0 bridgehead atoms. The fourth-order valence-corrected chi connectivity index (χ4v) is 2.07. The number of hydrogen-bond acceptors (Lipinski definition) is 4. The van der Waals surface area contributed by atoms with Crippen molar-refractivity contribution in [1.82, 2.24) is 0 Å². The maximum Gasteiger partial charge on any atom is 0.305 e. The molecule has 0 amide bonds. The highest BCUT2D eigenvalue weighted by molar-refractivity contribution is 5.92. The van der Waals surface area contributed by atoms with Crippen LogP contribution in [0, 0.1) is 10.1 Å². The van der Waals surface area contributed by atoms with Gasteiger partial charge in [0.25, 0.3) is 5.69 Å². The summed E-state index contributed by atoms with van der Waals surface area (Å²) in [5, 5.41) is 21.2. The van der Waals surface area contributed by atoms with Crippen LogP contribution < -0.4 is 5.73 Å². The van der Waals surface area contributed by atoms with Gasteiger partial charge < -0.3 is 10.8 Å². The van der Waals surface area contributed by atoms with E-state index in [4.69, 9.17) is 10.8 Å². The number of nitrogens with two attached hydrogens (primary N) is 1. The van der Waals surface area contributed by atoms with E-state index in [9.17, 15) is 14.9 Å². The van der Waals surface area contributed by atoms with E-state index in [1.807, 2.05) is 0 Å². The SMILES string of the molecule is NC(CC(=O)O)c1ccc2ccccc2c1[N+](=O)[O-]. The summed E-state index contributed by atoms with van der Waals surface area (Å²) in [4.78, 5) is 21.4. The third kappa shape index (κ3) is 2.53. The average molecular weight is 260 g/mol. The molecule has 0 heterocycles. The number of carboxylic acids is 1. The first-order valence-electron chi connectivity index (χ1n) is 5.64. The van der Waals surface area contributed by atoms with Crippen LogP contribution in [0.2, 0.25) is 0 Å². The molecule has 3 N–H and O–H groups in total. The molecule has 0 spiro atoms. The molecule has 1 atom stereocenters. The van der Waals surface area contributed by atoms with E-state index >= 15 is 0 Å². The Morgan fingerprint density at radius 2 is 2.00 bits per heavy atom. The second-order valence-electron chi connectivity index (χ2n) is 4.19. The maximum absolute atomic E-state index is 11.2. The topological polar surface area (TPSA) is 106 Å². The van der Waals surface area contributed by atoms with Crippen molar-refractivity contribution in [2.24, 2.45) is 5.73 Å². The molecule has 6 heteroatoms. The number of rotatable bonds is 4. The zero-order valence-corrected chi connectivity index (χ0v) is 9.95. The summed E-state index contributed by atoms with van der Waals surface area (Å²) in [5.74, 6) is -1.09. The summed E-state index contributed by atoms with van der Waals surface area (Å²) >= 11 is 0. The summed E-state index contributed by atoms with van der Waals surface area (Å²) in [6.45, 7) is 0. The highest BCUT2D eigenvalue weighted by atomic mass is 16.6. The number of fused-ring (bicyclic) bond motifs is 1. The maximum atomic E-state index is 11.2. The van der Waals surface area contributed by atoms with Crippen LogP contribution in [-0.2, 0) is 4.79 Å². The van der Waals surface area contributed by atoms with Gasteiger partial charge in [-0.15, -0.1) is 0 Å².